The molecule has 2 aromatic rings. The highest BCUT2D eigenvalue weighted by Gasteiger charge is 2.39. The molecule has 1 aliphatic rings. The van der Waals surface area contributed by atoms with E-state index in [-0.39, 0.29) is 31.5 Å². The molecule has 3 rings (SSSR count). The fraction of sp³-hybridized carbons (Fsp3) is 0.419. The molecule has 2 atom stereocenters. The van der Waals surface area contributed by atoms with Crippen molar-refractivity contribution in [2.24, 2.45) is 5.92 Å². The van der Waals surface area contributed by atoms with Crippen LogP contribution in [0.1, 0.15) is 37.3 Å². The number of carbonyl (C=O) groups excluding carboxylic acids is 4. The molecular weight excluding hydrogens is 510 g/mol. The molecule has 2 aromatic carbocycles. The maximum atomic E-state index is 13.7. The lowest BCUT2D eigenvalue weighted by atomic mass is 9.98. The first-order valence-corrected chi connectivity index (χ1v) is 13.3. The van der Waals surface area contributed by atoms with Gasteiger partial charge in [0.15, 0.2) is 0 Å². The van der Waals surface area contributed by atoms with Crippen molar-refractivity contribution < 1.29 is 28.7 Å². The molecule has 40 heavy (non-hydrogen) atoms. The number of nitrogens with zero attached hydrogens (tertiary/aromatic N) is 3. The van der Waals surface area contributed by atoms with Crippen molar-refractivity contribution in [3.05, 3.63) is 72.3 Å². The number of likely N-dealkylation sites (N-methyl/N-ethyl adjacent to an activating group) is 3. The summed E-state index contributed by atoms with van der Waals surface area (Å²) >= 11 is 0. The molecule has 0 bridgehead atoms. The maximum absolute atomic E-state index is 13.7. The Balaban J connectivity index is 1.76. The van der Waals surface area contributed by atoms with Crippen molar-refractivity contribution in [1.29, 1.82) is 0 Å². The molecule has 0 aliphatic heterocycles. The van der Waals surface area contributed by atoms with E-state index >= 15 is 0 Å². The minimum Gasteiger partial charge on any atom is -0.461 e. The van der Waals surface area contributed by atoms with Crippen LogP contribution in [-0.4, -0.2) is 92.1 Å². The second kappa shape index (κ2) is 13.3. The molecule has 0 heterocycles. The van der Waals surface area contributed by atoms with Gasteiger partial charge in [-0.1, -0.05) is 75.0 Å². The number of fused-ring (bicyclic) bond motifs is 3. The molecule has 0 spiro atoms. The van der Waals surface area contributed by atoms with Crippen LogP contribution in [0.25, 0.3) is 11.1 Å². The van der Waals surface area contributed by atoms with Crippen LogP contribution in [0.4, 0.5) is 4.79 Å². The second-order valence-corrected chi connectivity index (χ2v) is 10.5. The summed E-state index contributed by atoms with van der Waals surface area (Å²) < 4.78 is 10.8. The van der Waals surface area contributed by atoms with Crippen LogP contribution < -0.4 is 0 Å². The van der Waals surface area contributed by atoms with Gasteiger partial charge in [0, 0.05) is 34.1 Å². The first kappa shape index (κ1) is 30.4. The van der Waals surface area contributed by atoms with Gasteiger partial charge in [-0.25, -0.2) is 4.79 Å². The number of rotatable bonds is 11. The normalized spacial score (nSPS) is 13.5. The summed E-state index contributed by atoms with van der Waals surface area (Å²) in [5, 5.41) is 0. The lowest BCUT2D eigenvalue weighted by molar-refractivity contribution is -0.152. The van der Waals surface area contributed by atoms with Crippen molar-refractivity contribution in [3.63, 3.8) is 0 Å². The molecule has 0 unspecified atom stereocenters. The van der Waals surface area contributed by atoms with Gasteiger partial charge in [0.2, 0.25) is 11.8 Å². The molecule has 9 heteroatoms. The predicted molar refractivity (Wildman–Crippen MR) is 152 cm³/mol. The fourth-order valence-corrected chi connectivity index (χ4v) is 5.13. The summed E-state index contributed by atoms with van der Waals surface area (Å²) in [5.41, 5.74) is 4.41. The van der Waals surface area contributed by atoms with Gasteiger partial charge in [0.1, 0.15) is 25.3 Å². The number of ether oxygens (including phenoxy) is 2. The fourth-order valence-electron chi connectivity index (χ4n) is 5.13. The lowest BCUT2D eigenvalue weighted by Gasteiger charge is -2.36. The van der Waals surface area contributed by atoms with E-state index in [1.54, 1.807) is 14.1 Å². The largest absolute Gasteiger partial charge is 0.461 e. The highest BCUT2D eigenvalue weighted by Crippen LogP contribution is 2.44. The molecule has 0 N–H and O–H groups in total. The third kappa shape index (κ3) is 6.52. The number of carbonyl (C=O) groups is 4. The van der Waals surface area contributed by atoms with E-state index < -0.39 is 36.0 Å². The summed E-state index contributed by atoms with van der Waals surface area (Å²) in [5.74, 6) is -1.97. The van der Waals surface area contributed by atoms with Crippen molar-refractivity contribution in [3.8, 4) is 11.1 Å². The Morgan fingerprint density at radius 1 is 0.850 bits per heavy atom. The summed E-state index contributed by atoms with van der Waals surface area (Å²) in [4.78, 5) is 56.1. The van der Waals surface area contributed by atoms with Gasteiger partial charge in [-0.05, 0) is 28.2 Å². The Morgan fingerprint density at radius 2 is 1.40 bits per heavy atom. The smallest absolute Gasteiger partial charge is 0.410 e. The summed E-state index contributed by atoms with van der Waals surface area (Å²) in [6.45, 7) is 7.25. The number of hydrogen-bond acceptors (Lipinski definition) is 6. The van der Waals surface area contributed by atoms with E-state index in [0.29, 0.717) is 0 Å². The van der Waals surface area contributed by atoms with Crippen molar-refractivity contribution in [2.45, 2.75) is 38.3 Å². The zero-order chi connectivity index (χ0) is 29.6. The Bertz CT molecular complexity index is 1210. The third-order valence-electron chi connectivity index (χ3n) is 7.19. The van der Waals surface area contributed by atoms with E-state index in [2.05, 4.69) is 18.7 Å². The topological polar surface area (TPSA) is 96.5 Å². The van der Waals surface area contributed by atoms with Crippen LogP contribution in [0.2, 0.25) is 0 Å². The Labute approximate surface area is 236 Å². The molecule has 3 amide bonds. The van der Waals surface area contributed by atoms with E-state index in [1.165, 1.54) is 34.9 Å². The Kier molecular flexibility index (Phi) is 10.1. The van der Waals surface area contributed by atoms with Gasteiger partial charge in [-0.2, -0.15) is 0 Å². The van der Waals surface area contributed by atoms with Crippen LogP contribution in [0, 0.1) is 5.92 Å². The first-order chi connectivity index (χ1) is 19.0. The van der Waals surface area contributed by atoms with Crippen molar-refractivity contribution >= 4 is 23.9 Å². The first-order valence-electron chi connectivity index (χ1n) is 13.3. The Hall–Kier alpha value is -4.14. The highest BCUT2D eigenvalue weighted by molar-refractivity contribution is 5.93. The minimum atomic E-state index is -1.10. The zero-order valence-corrected chi connectivity index (χ0v) is 24.1. The summed E-state index contributed by atoms with van der Waals surface area (Å²) in [6.07, 6.45) is 0.448. The molecule has 0 aromatic heterocycles. The number of amides is 3. The summed E-state index contributed by atoms with van der Waals surface area (Å²) in [7, 11) is 6.06. The predicted octanol–water partition coefficient (Wildman–Crippen LogP) is 3.93. The molecule has 0 saturated heterocycles. The van der Waals surface area contributed by atoms with Crippen molar-refractivity contribution in [1.82, 2.24) is 14.7 Å². The molecular formula is C31H39N3O6. The van der Waals surface area contributed by atoms with E-state index in [4.69, 9.17) is 9.47 Å². The van der Waals surface area contributed by atoms with Crippen LogP contribution in [0.3, 0.4) is 0 Å². The standard InChI is InChI=1S/C31H39N3O6/c1-8-17-39-27(35)18-26(29(36)32(4)5)33(6)30(37)28(20(2)3)34(7)31(38)40-19-25-23-15-11-9-13-21(23)22-14-10-12-16-24(22)25/h8-16,20,25-26,28H,1,17-19H2,2-7H3/t26-,28+/m0/s1. The Morgan fingerprint density at radius 3 is 1.90 bits per heavy atom. The zero-order valence-electron chi connectivity index (χ0n) is 24.1. The molecule has 214 valence electrons. The van der Waals surface area contributed by atoms with Gasteiger partial charge < -0.3 is 19.3 Å². The van der Waals surface area contributed by atoms with Crippen LogP contribution in [0.15, 0.2) is 61.2 Å². The maximum Gasteiger partial charge on any atom is 0.410 e. The quantitative estimate of drug-likeness (QED) is 0.311. The molecule has 1 aliphatic carbocycles. The number of hydrogen-bond donors (Lipinski definition) is 0. The van der Waals surface area contributed by atoms with Gasteiger partial charge in [-0.3, -0.25) is 19.3 Å². The SMILES string of the molecule is C=CCOC(=O)C[C@@H](C(=O)N(C)C)N(C)C(=O)[C@@H](C(C)C)N(C)C(=O)OCC1c2ccccc2-c2ccccc21. The summed E-state index contributed by atoms with van der Waals surface area (Å²) in [6, 6.07) is 14.1. The van der Waals surface area contributed by atoms with Crippen molar-refractivity contribution in [2.75, 3.05) is 41.4 Å². The van der Waals surface area contributed by atoms with Gasteiger partial charge in [0.05, 0.1) is 6.42 Å². The van der Waals surface area contributed by atoms with Gasteiger partial charge >= 0.3 is 12.1 Å². The minimum absolute atomic E-state index is 0.00148. The van der Waals surface area contributed by atoms with Gasteiger partial charge in [0.25, 0.3) is 0 Å². The average molecular weight is 550 g/mol. The average Bonchev–Trinajstić information content (AvgIpc) is 3.26. The van der Waals surface area contributed by atoms with Crippen LogP contribution in [0.5, 0.6) is 0 Å². The van der Waals surface area contributed by atoms with Crippen LogP contribution in [-0.2, 0) is 23.9 Å². The lowest BCUT2D eigenvalue weighted by Crippen LogP contribution is -2.56. The molecule has 9 nitrogen and oxygen atoms in total. The molecule has 0 radical (unpaired) electrons. The molecule has 0 fully saturated rings. The van der Waals surface area contributed by atoms with E-state index in [0.717, 1.165) is 22.3 Å². The van der Waals surface area contributed by atoms with E-state index in [1.807, 2.05) is 50.2 Å². The highest BCUT2D eigenvalue weighted by atomic mass is 16.6. The van der Waals surface area contributed by atoms with Gasteiger partial charge in [-0.15, -0.1) is 0 Å². The molecule has 0 saturated carbocycles. The van der Waals surface area contributed by atoms with E-state index in [9.17, 15) is 19.2 Å². The monoisotopic (exact) mass is 549 g/mol. The van der Waals surface area contributed by atoms with Crippen LogP contribution >= 0.6 is 0 Å². The number of benzene rings is 2. The number of esters is 1. The third-order valence-corrected chi connectivity index (χ3v) is 7.19. The second-order valence-electron chi connectivity index (χ2n) is 10.5.